The predicted molar refractivity (Wildman–Crippen MR) is 64.9 cm³/mol. The van der Waals surface area contributed by atoms with E-state index in [-0.39, 0.29) is 43.3 Å². The zero-order valence-electron chi connectivity index (χ0n) is 10.2. The third kappa shape index (κ3) is 8.85. The molecule has 94 valence electrons. The first kappa shape index (κ1) is 16.1. The van der Waals surface area contributed by atoms with E-state index in [1.807, 2.05) is 6.92 Å². The number of hydrogen-bond acceptors (Lipinski definition) is 5. The Kier molecular flexibility index (Phi) is 9.71. The van der Waals surface area contributed by atoms with E-state index in [1.165, 1.54) is 0 Å². The molecule has 6 heteroatoms. The maximum atomic E-state index is 11.0. The Morgan fingerprint density at radius 3 is 2.65 bits per heavy atom. The van der Waals surface area contributed by atoms with E-state index >= 15 is 0 Å². The second-order valence-corrected chi connectivity index (χ2v) is 4.34. The summed E-state index contributed by atoms with van der Waals surface area (Å²) in [5, 5.41) is 0. The molecule has 0 fully saturated rings. The van der Waals surface area contributed by atoms with Gasteiger partial charge in [-0.3, -0.25) is 0 Å². The van der Waals surface area contributed by atoms with Crippen molar-refractivity contribution in [3.8, 4) is 0 Å². The molecule has 1 unspecified atom stereocenters. The van der Waals surface area contributed by atoms with Gasteiger partial charge in [0, 0.05) is 0 Å². The molecule has 0 aromatic heterocycles. The van der Waals surface area contributed by atoms with Gasteiger partial charge in [-0.05, 0) is 0 Å². The topological polar surface area (TPSA) is 61.8 Å². The van der Waals surface area contributed by atoms with Crippen molar-refractivity contribution in [2.45, 2.75) is 32.3 Å². The Labute approximate surface area is 116 Å². The molecule has 0 rings (SSSR count). The van der Waals surface area contributed by atoms with Gasteiger partial charge in [0.1, 0.15) is 0 Å². The predicted octanol–water partition coefficient (Wildman–Crippen LogP) is 1.49. The van der Waals surface area contributed by atoms with Gasteiger partial charge in [-0.25, -0.2) is 0 Å². The van der Waals surface area contributed by atoms with E-state index in [9.17, 15) is 9.59 Å². The van der Waals surface area contributed by atoms with Gasteiger partial charge < -0.3 is 0 Å². The van der Waals surface area contributed by atoms with E-state index in [0.29, 0.717) is 12.8 Å². The van der Waals surface area contributed by atoms with E-state index in [2.05, 4.69) is 14.2 Å². The monoisotopic (exact) mass is 344 g/mol. The Hall–Kier alpha value is -0.910. The van der Waals surface area contributed by atoms with Crippen LogP contribution in [0.1, 0.15) is 26.2 Å². The molecule has 0 N–H and O–H groups in total. The average Bonchev–Trinajstić information content (AvgIpc) is 2.32. The number of hydrogen-bond donors (Lipinski definition) is 0. The number of carbonyl (C=O) groups excluding carboxylic acids is 2. The van der Waals surface area contributed by atoms with Crippen molar-refractivity contribution in [2.24, 2.45) is 0 Å². The van der Waals surface area contributed by atoms with Crippen molar-refractivity contribution in [1.82, 2.24) is 0 Å². The summed E-state index contributed by atoms with van der Waals surface area (Å²) in [4.78, 5) is 21.8. The first-order chi connectivity index (χ1) is 8.13. The number of ether oxygens (including phenoxy) is 2. The molecule has 0 aliphatic carbocycles. The average molecular weight is 344 g/mol. The van der Waals surface area contributed by atoms with Gasteiger partial charge in [-0.15, -0.1) is 0 Å². The SMILES string of the molecule is C=COC(=O)OC(CC)C/C=C\CC(=O)[O][InH2]. The maximum absolute atomic E-state index is 11.0. The van der Waals surface area contributed by atoms with Crippen molar-refractivity contribution in [3.63, 3.8) is 0 Å². The second kappa shape index (κ2) is 10.3. The Balaban J connectivity index is 3.92. The fourth-order valence-corrected chi connectivity index (χ4v) is 1.52. The van der Waals surface area contributed by atoms with Crippen LogP contribution >= 0.6 is 0 Å². The molecule has 0 aliphatic rings. The summed E-state index contributed by atoms with van der Waals surface area (Å²) >= 11 is -0.0650. The number of rotatable bonds is 7. The molecule has 0 radical (unpaired) electrons. The zero-order valence-corrected chi connectivity index (χ0v) is 15.9. The van der Waals surface area contributed by atoms with Crippen LogP contribution in [0.5, 0.6) is 0 Å². The summed E-state index contributed by atoms with van der Waals surface area (Å²) in [5.74, 6) is -0.211. The van der Waals surface area contributed by atoms with Crippen LogP contribution in [-0.2, 0) is 17.1 Å². The first-order valence-corrected chi connectivity index (χ1v) is 7.67. The van der Waals surface area contributed by atoms with Crippen molar-refractivity contribution in [3.05, 3.63) is 25.0 Å². The van der Waals surface area contributed by atoms with Gasteiger partial charge in [-0.1, -0.05) is 0 Å². The summed E-state index contributed by atoms with van der Waals surface area (Å²) in [7, 11) is 0. The molecule has 0 heterocycles. The standard InChI is InChI=1S/C11H16O5.In.2H/c1-3-9(16-11(14)15-4-2)7-5-6-8-10(12)13;;;/h4-6,9H,2-3,7-8H2,1H3,(H,12,13);;;/q;+1;;/p-1/b6-5-;;;. The zero-order chi connectivity index (χ0) is 13.1. The summed E-state index contributed by atoms with van der Waals surface area (Å²) in [5.41, 5.74) is 0. The molecule has 0 aliphatic heterocycles. The first-order valence-electron chi connectivity index (χ1n) is 5.34. The van der Waals surface area contributed by atoms with Crippen LogP contribution in [0.25, 0.3) is 0 Å². The fraction of sp³-hybridized carbons (Fsp3) is 0.455. The summed E-state index contributed by atoms with van der Waals surface area (Å²) in [6.45, 7) is 5.15. The molecule has 0 bridgehead atoms. The summed E-state index contributed by atoms with van der Waals surface area (Å²) in [6.07, 6.45) is 4.99. The molecule has 0 aromatic rings. The second-order valence-electron chi connectivity index (χ2n) is 3.17. The van der Waals surface area contributed by atoms with Crippen LogP contribution in [-0.4, -0.2) is 43.0 Å². The van der Waals surface area contributed by atoms with E-state index < -0.39 is 6.16 Å². The third-order valence-corrected chi connectivity index (χ3v) is 3.28. The molecule has 0 saturated heterocycles. The normalized spacial score (nSPS) is 11.8. The van der Waals surface area contributed by atoms with E-state index in [4.69, 9.17) is 4.74 Å². The Morgan fingerprint density at radius 1 is 1.41 bits per heavy atom. The van der Waals surface area contributed by atoms with Gasteiger partial charge in [0.05, 0.1) is 0 Å². The van der Waals surface area contributed by atoms with Gasteiger partial charge >= 0.3 is 116 Å². The minimum absolute atomic E-state index is 0.0650. The molecule has 1 atom stereocenters. The number of carbonyl (C=O) groups is 2. The van der Waals surface area contributed by atoms with E-state index in [1.54, 1.807) is 12.2 Å². The van der Waals surface area contributed by atoms with Gasteiger partial charge in [0.15, 0.2) is 0 Å². The van der Waals surface area contributed by atoms with Crippen molar-refractivity contribution in [1.29, 1.82) is 0 Å². The molecular formula is C11H17InO5. The molecule has 0 spiro atoms. The van der Waals surface area contributed by atoms with Crippen LogP contribution in [0.2, 0.25) is 0 Å². The molecule has 5 nitrogen and oxygen atoms in total. The third-order valence-electron chi connectivity index (χ3n) is 1.98. The van der Waals surface area contributed by atoms with Crippen LogP contribution in [0.15, 0.2) is 25.0 Å². The van der Waals surface area contributed by atoms with Gasteiger partial charge in [-0.2, -0.15) is 0 Å². The van der Waals surface area contributed by atoms with Crippen LogP contribution in [0.3, 0.4) is 0 Å². The fourth-order valence-electron chi connectivity index (χ4n) is 1.04. The van der Waals surface area contributed by atoms with Crippen molar-refractivity contribution < 1.29 is 21.9 Å². The minimum atomic E-state index is -0.762. The van der Waals surface area contributed by atoms with E-state index in [0.717, 1.165) is 6.26 Å². The molecule has 0 amide bonds. The molecule has 17 heavy (non-hydrogen) atoms. The Morgan fingerprint density at radius 2 is 2.12 bits per heavy atom. The molecular weight excluding hydrogens is 327 g/mol. The van der Waals surface area contributed by atoms with Crippen LogP contribution in [0.4, 0.5) is 4.79 Å². The van der Waals surface area contributed by atoms with Crippen LogP contribution in [0, 0.1) is 0 Å². The van der Waals surface area contributed by atoms with Crippen molar-refractivity contribution >= 4 is 36.9 Å². The Bertz CT molecular complexity index is 288. The van der Waals surface area contributed by atoms with Gasteiger partial charge in [0.25, 0.3) is 0 Å². The molecule has 0 saturated carbocycles. The summed E-state index contributed by atoms with van der Waals surface area (Å²) < 4.78 is 14.1. The quantitative estimate of drug-likeness (QED) is 0.398. The van der Waals surface area contributed by atoms with Gasteiger partial charge in [0.2, 0.25) is 0 Å². The van der Waals surface area contributed by atoms with Crippen molar-refractivity contribution in [2.75, 3.05) is 0 Å². The molecule has 0 aromatic carbocycles. The summed E-state index contributed by atoms with van der Waals surface area (Å²) in [6, 6.07) is 0. The van der Waals surface area contributed by atoms with Crippen LogP contribution < -0.4 is 0 Å².